The van der Waals surface area contributed by atoms with Gasteiger partial charge in [0.25, 0.3) is 0 Å². The van der Waals surface area contributed by atoms with E-state index in [1.165, 1.54) is 56.6 Å². The third kappa shape index (κ3) is 6.79. The van der Waals surface area contributed by atoms with Gasteiger partial charge >= 0.3 is 250 Å². The average molecular weight is 629 g/mol. The zero-order valence-corrected chi connectivity index (χ0v) is 24.9. The molecule has 0 amide bonds. The first-order valence-corrected chi connectivity index (χ1v) is 12.9. The molecule has 0 N–H and O–H groups in total. The molecule has 0 nitrogen and oxygen atoms in total. The van der Waals surface area contributed by atoms with Crippen LogP contribution in [0.3, 0.4) is 0 Å². The van der Waals surface area contributed by atoms with E-state index in [1.54, 1.807) is 5.56 Å². The first kappa shape index (κ1) is 28.6. The minimum atomic E-state index is 0.625. The van der Waals surface area contributed by atoms with Gasteiger partial charge < -0.3 is 0 Å². The molecule has 2 aromatic rings. The van der Waals surface area contributed by atoms with Crippen LogP contribution in [0.15, 0.2) is 0 Å². The minimum absolute atomic E-state index is 0.625. The SMILES string of the molecule is Cc1c(C)c(C)c(C(C)C)c([XeH])c1C.Cc1c(C)c(C)c(CC(C)C)c([XeH])c1C. The summed E-state index contributed by atoms with van der Waals surface area (Å²) in [7, 11) is 0. The van der Waals surface area contributed by atoms with Gasteiger partial charge in [0.2, 0.25) is 0 Å². The first-order chi connectivity index (χ1) is 13.2. The van der Waals surface area contributed by atoms with E-state index in [0.29, 0.717) is 5.92 Å². The van der Waals surface area contributed by atoms with E-state index < -0.39 is 0 Å². The summed E-state index contributed by atoms with van der Waals surface area (Å²) in [6.07, 6.45) is 1.20. The van der Waals surface area contributed by atoms with Crippen LogP contribution < -0.4 is 0.0628 Å². The van der Waals surface area contributed by atoms with Crippen LogP contribution in [0.4, 0.5) is 0 Å². The van der Waals surface area contributed by atoms with Gasteiger partial charge in [0.05, 0.1) is 0 Å². The maximum absolute atomic E-state index is 2.51. The van der Waals surface area contributed by atoms with Crippen molar-refractivity contribution < 1.29 is 93.1 Å². The Kier molecular flexibility index (Phi) is 12.0. The van der Waals surface area contributed by atoms with Crippen LogP contribution in [0.1, 0.15) is 89.2 Å². The molecule has 0 fully saturated rings. The molecule has 0 saturated heterocycles. The molecule has 0 radical (unpaired) electrons. The molecule has 0 atom stereocenters. The van der Waals surface area contributed by atoms with Crippen molar-refractivity contribution in [3.63, 3.8) is 0 Å². The Morgan fingerprint density at radius 1 is 0.517 bits per heavy atom. The molecule has 0 spiro atoms. The molecule has 2 rings (SSSR count). The molecule has 0 unspecified atom stereocenters. The number of benzene rings is 2. The number of hydrogen-bond acceptors (Lipinski definition) is 0. The number of rotatable bonds is 3. The average Bonchev–Trinajstić information content (AvgIpc) is 2.65. The van der Waals surface area contributed by atoms with Crippen LogP contribution in [-0.4, -0.2) is 0 Å². The molecular weight excluding hydrogens is 587 g/mol. The summed E-state index contributed by atoms with van der Waals surface area (Å²) >= 11 is 4.99. The van der Waals surface area contributed by atoms with Gasteiger partial charge in [-0.25, -0.2) is 0 Å². The molecule has 0 aliphatic rings. The second-order valence-corrected chi connectivity index (χ2v) is 11.4. The Hall–Kier alpha value is 1.58. The Morgan fingerprint density at radius 2 is 0.897 bits per heavy atom. The Bertz CT molecular complexity index is 828. The van der Waals surface area contributed by atoms with Crippen LogP contribution in [0.5, 0.6) is 0 Å². The van der Waals surface area contributed by atoms with Crippen molar-refractivity contribution in [2.75, 3.05) is 0 Å². The summed E-state index contributed by atoms with van der Waals surface area (Å²) in [5, 5.41) is 0. The van der Waals surface area contributed by atoms with E-state index >= 15 is 0 Å². The van der Waals surface area contributed by atoms with Gasteiger partial charge in [-0.3, -0.25) is 0 Å². The molecule has 2 heteroatoms. The summed E-state index contributed by atoms with van der Waals surface area (Å²) in [5.41, 5.74) is 14.9. The van der Waals surface area contributed by atoms with E-state index in [2.05, 4.69) is 176 Å². The molecule has 0 bridgehead atoms. The first-order valence-electron chi connectivity index (χ1n) is 10.7. The van der Waals surface area contributed by atoms with Gasteiger partial charge in [-0.2, -0.15) is 0 Å². The normalized spacial score (nSPS) is 11.2. The molecule has 0 aliphatic heterocycles. The van der Waals surface area contributed by atoms with E-state index in [1.807, 2.05) is 0 Å². The Labute approximate surface area is 245 Å². The van der Waals surface area contributed by atoms with Gasteiger partial charge in [-0.1, -0.05) is 0 Å². The standard InChI is InChI=1S/C14H22Xe.C13H20Xe/c1-8(2)7-13-11(5)9(3)10(4)12(6)14(13)15;1-7(2)12-10(5)8(3)9(4)11(6)13(12)14/h8,15H,7H2,1-6H3;7,14H,1-6H3. The molecular formula is C27H42Xe2. The van der Waals surface area contributed by atoms with Crippen molar-refractivity contribution in [1.82, 2.24) is 0 Å². The molecule has 0 heterocycles. The second-order valence-electron chi connectivity index (χ2n) is 9.27. The summed E-state index contributed by atoms with van der Waals surface area (Å²) in [6, 6.07) is 0. The fourth-order valence-corrected chi connectivity index (χ4v) is 6.44. The van der Waals surface area contributed by atoms with Crippen molar-refractivity contribution in [2.24, 2.45) is 5.92 Å². The van der Waals surface area contributed by atoms with Gasteiger partial charge in [0.15, 0.2) is 0 Å². The fourth-order valence-electron chi connectivity index (χ4n) is 3.98. The van der Waals surface area contributed by atoms with Gasteiger partial charge in [-0.15, -0.1) is 0 Å². The predicted octanol–water partition coefficient (Wildman–Crippen LogP) is 5.98. The van der Waals surface area contributed by atoms with Gasteiger partial charge in [0, 0.05) is 0 Å². The molecule has 166 valence electrons. The van der Waals surface area contributed by atoms with E-state index in [-0.39, 0.29) is 0 Å². The summed E-state index contributed by atoms with van der Waals surface area (Å²) < 4.78 is 2.93. The summed E-state index contributed by atoms with van der Waals surface area (Å²) in [6.45, 7) is 27.1. The van der Waals surface area contributed by atoms with Gasteiger partial charge in [0.1, 0.15) is 0 Å². The zero-order valence-electron chi connectivity index (χ0n) is 20.6. The Morgan fingerprint density at radius 3 is 1.31 bits per heavy atom. The van der Waals surface area contributed by atoms with Gasteiger partial charge in [-0.05, 0) is 0 Å². The summed E-state index contributed by atoms with van der Waals surface area (Å²) in [5.74, 6) is 1.36. The molecule has 0 saturated carbocycles. The van der Waals surface area contributed by atoms with Crippen molar-refractivity contribution in [3.8, 4) is 0 Å². The molecule has 0 aromatic heterocycles. The summed E-state index contributed by atoms with van der Waals surface area (Å²) in [4.78, 5) is 0. The van der Waals surface area contributed by atoms with Crippen LogP contribution >= 0.6 is 0 Å². The third-order valence-corrected chi connectivity index (χ3v) is 9.43. The molecule has 2 aromatic carbocycles. The predicted molar refractivity (Wildman–Crippen MR) is 125 cm³/mol. The zero-order chi connectivity index (χ0) is 22.8. The van der Waals surface area contributed by atoms with Crippen LogP contribution in [0.2, 0.25) is 0 Å². The van der Waals surface area contributed by atoms with Crippen molar-refractivity contribution >= 4 is 0.0628 Å². The molecule has 29 heavy (non-hydrogen) atoms. The number of hydrogen-bond donors (Lipinski definition) is 0. The van der Waals surface area contributed by atoms with E-state index in [0.717, 1.165) is 5.92 Å². The van der Waals surface area contributed by atoms with Crippen molar-refractivity contribution in [1.29, 1.82) is 0 Å². The molecule has 0 aliphatic carbocycles. The monoisotopic (exact) mass is 630 g/mol. The third-order valence-electron chi connectivity index (χ3n) is 6.58. The van der Waals surface area contributed by atoms with E-state index in [9.17, 15) is 0 Å². The van der Waals surface area contributed by atoms with Crippen LogP contribution in [0, 0.1) is 154 Å². The van der Waals surface area contributed by atoms with Crippen molar-refractivity contribution in [3.05, 3.63) is 55.6 Å². The Balaban J connectivity index is 0.000000291. The van der Waals surface area contributed by atoms with Crippen LogP contribution in [0.25, 0.3) is 0 Å². The topological polar surface area (TPSA) is 0 Å². The maximum atomic E-state index is 2.51. The second kappa shape index (κ2) is 12.2. The van der Waals surface area contributed by atoms with Crippen LogP contribution in [-0.2, 0) is 6.42 Å². The fraction of sp³-hybridized carbons (Fsp3) is 0.556. The van der Waals surface area contributed by atoms with Crippen molar-refractivity contribution in [2.45, 2.75) is 95.4 Å². The van der Waals surface area contributed by atoms with E-state index in [4.69, 9.17) is 0 Å². The quantitative estimate of drug-likeness (QED) is 0.393.